The molecule has 4 amide bonds. The molecule has 4 aliphatic rings. The average molecular weight is 848 g/mol. The van der Waals surface area contributed by atoms with Gasteiger partial charge < -0.3 is 29.5 Å². The molecule has 1 aromatic heterocycles. The first-order valence-corrected chi connectivity index (χ1v) is 21.4. The number of aromatic nitrogens is 1. The maximum Gasteiger partial charge on any atom is 0.408 e. The van der Waals surface area contributed by atoms with Gasteiger partial charge in [-0.25, -0.2) is 27.0 Å². The van der Waals surface area contributed by atoms with Gasteiger partial charge in [0.1, 0.15) is 40.8 Å². The number of halogens is 2. The molecular weight excluding hydrogens is 793 g/mol. The lowest BCUT2D eigenvalue weighted by Gasteiger charge is -2.47. The van der Waals surface area contributed by atoms with E-state index in [2.05, 4.69) is 15.0 Å². The predicted octanol–water partition coefficient (Wildman–Crippen LogP) is 5.27. The Kier molecular flexibility index (Phi) is 11.7. The first-order chi connectivity index (χ1) is 27.5. The van der Waals surface area contributed by atoms with Crippen LogP contribution < -0.4 is 24.2 Å². The molecule has 0 bridgehead atoms. The third-order valence-electron chi connectivity index (χ3n) is 12.8. The Bertz CT molecular complexity index is 2140. The van der Waals surface area contributed by atoms with Gasteiger partial charge in [-0.15, -0.1) is 0 Å². The van der Waals surface area contributed by atoms with Crippen molar-refractivity contribution in [2.24, 2.45) is 17.8 Å². The number of nitrogens with one attached hydrogen (secondary N) is 2. The van der Waals surface area contributed by atoms with Gasteiger partial charge in [0.15, 0.2) is 0 Å². The molecule has 2 aliphatic heterocycles. The van der Waals surface area contributed by atoms with Crippen LogP contribution in [0.4, 0.5) is 13.6 Å². The number of sulfonamides is 1. The van der Waals surface area contributed by atoms with Crippen LogP contribution in [0.15, 0.2) is 36.4 Å². The molecule has 1 aromatic carbocycles. The first kappa shape index (κ1) is 43.8. The highest BCUT2D eigenvalue weighted by Gasteiger charge is 2.63. The third-order valence-corrected chi connectivity index (χ3v) is 15.0. The minimum Gasteiger partial charge on any atom is -0.497 e. The number of hydrogen-bond donors (Lipinski definition) is 3. The number of carbonyl (C=O) groups is 4. The van der Waals surface area contributed by atoms with E-state index in [0.29, 0.717) is 54.2 Å². The zero-order chi connectivity index (χ0) is 43.5. The summed E-state index contributed by atoms with van der Waals surface area (Å²) in [5, 5.41) is 14.0. The highest BCUT2D eigenvalue weighted by atomic mass is 32.2. The van der Waals surface area contributed by atoms with Crippen LogP contribution in [-0.2, 0) is 24.4 Å². The van der Waals surface area contributed by atoms with Crippen LogP contribution >= 0.6 is 0 Å². The summed E-state index contributed by atoms with van der Waals surface area (Å²) < 4.78 is 75.7. The molecule has 3 N–H and O–H groups in total. The number of nitrogens with zero attached hydrogens (tertiary/aromatic N) is 3. The lowest BCUT2D eigenvalue weighted by atomic mass is 9.84. The molecule has 0 radical (unpaired) electrons. The number of carboxylic acid groups (broad SMARTS) is 1. The highest BCUT2D eigenvalue weighted by Crippen LogP contribution is 2.48. The third kappa shape index (κ3) is 8.38. The molecule has 7 atom stereocenters. The minimum atomic E-state index is -4.10. The largest absolute Gasteiger partial charge is 0.497 e. The van der Waals surface area contributed by atoms with Crippen molar-refractivity contribution in [3.8, 4) is 17.4 Å². The fourth-order valence-electron chi connectivity index (χ4n) is 8.32. The molecule has 18 heteroatoms. The highest BCUT2D eigenvalue weighted by molar-refractivity contribution is 7.91. The summed E-state index contributed by atoms with van der Waals surface area (Å²) in [6, 6.07) is 3.57. The Morgan fingerprint density at radius 1 is 1.08 bits per heavy atom. The number of ether oxygens (including phenoxy) is 3. The monoisotopic (exact) mass is 847 g/mol. The van der Waals surface area contributed by atoms with Crippen molar-refractivity contribution in [3.05, 3.63) is 36.4 Å². The maximum absolute atomic E-state index is 15.4. The number of methoxy groups -OCH3 is 2. The Morgan fingerprint density at radius 2 is 1.78 bits per heavy atom. The Balaban J connectivity index is 1.44. The van der Waals surface area contributed by atoms with E-state index < -0.39 is 85.6 Å². The van der Waals surface area contributed by atoms with Crippen LogP contribution in [0.3, 0.4) is 0 Å². The number of allylic oxidation sites excluding steroid dienone is 1. The molecule has 6 rings (SSSR count). The van der Waals surface area contributed by atoms with Gasteiger partial charge in [-0.2, -0.15) is 0 Å². The smallest absolute Gasteiger partial charge is 0.408 e. The maximum atomic E-state index is 15.4. The topological polar surface area (TPSA) is 194 Å². The SMILES string of the molecule is COc1ccc2c(O[C@@H]3C[C@H]4C(=O)N[C@]5(C(=O)NS(=O)(=O)C6(C)CC6)C[C@H]5C=CCC[C@@H](C)C[C@@H](C)[C@H](N(C(=O)O)C(C)(C)C(C)(F)F)C(=O)N4C3)cc(OC)nc2c1. The summed E-state index contributed by atoms with van der Waals surface area (Å²) in [5.41, 5.74) is -3.60. The predicted molar refractivity (Wildman–Crippen MR) is 213 cm³/mol. The number of benzene rings is 1. The lowest BCUT2D eigenvalue weighted by molar-refractivity contribution is -0.156. The molecule has 1 saturated heterocycles. The second-order valence-corrected chi connectivity index (χ2v) is 19.7. The number of fused-ring (bicyclic) bond motifs is 3. The van der Waals surface area contributed by atoms with Crippen LogP contribution in [0, 0.1) is 17.8 Å². The second kappa shape index (κ2) is 15.7. The summed E-state index contributed by atoms with van der Waals surface area (Å²) in [5.74, 6) is -6.68. The molecule has 0 spiro atoms. The van der Waals surface area contributed by atoms with Gasteiger partial charge in [0.05, 0.1) is 31.0 Å². The van der Waals surface area contributed by atoms with Crippen molar-refractivity contribution in [2.75, 3.05) is 20.8 Å². The summed E-state index contributed by atoms with van der Waals surface area (Å²) in [4.78, 5) is 63.1. The number of hydrogen-bond acceptors (Lipinski definition) is 10. The number of alkyl halides is 2. The molecule has 3 heterocycles. The Morgan fingerprint density at radius 3 is 2.39 bits per heavy atom. The van der Waals surface area contributed by atoms with Crippen molar-refractivity contribution in [1.29, 1.82) is 0 Å². The zero-order valence-electron chi connectivity index (χ0n) is 34.7. The van der Waals surface area contributed by atoms with E-state index >= 15 is 13.6 Å². The lowest BCUT2D eigenvalue weighted by Crippen LogP contribution is -2.66. The molecule has 0 unspecified atom stereocenters. The van der Waals surface area contributed by atoms with Gasteiger partial charge in [-0.3, -0.25) is 24.0 Å². The molecule has 15 nitrogen and oxygen atoms in total. The molecule has 3 fully saturated rings. The minimum absolute atomic E-state index is 0.0853. The van der Waals surface area contributed by atoms with Crippen molar-refractivity contribution < 1.29 is 55.7 Å². The van der Waals surface area contributed by atoms with E-state index in [-0.39, 0.29) is 43.4 Å². The van der Waals surface area contributed by atoms with Crippen LogP contribution in [0.2, 0.25) is 0 Å². The van der Waals surface area contributed by atoms with E-state index in [1.54, 1.807) is 37.3 Å². The molecule has 2 aliphatic carbocycles. The summed E-state index contributed by atoms with van der Waals surface area (Å²) in [6.07, 6.45) is 3.01. The summed E-state index contributed by atoms with van der Waals surface area (Å²) >= 11 is 0. The van der Waals surface area contributed by atoms with E-state index in [1.807, 2.05) is 13.0 Å². The van der Waals surface area contributed by atoms with Gasteiger partial charge in [0.2, 0.25) is 27.7 Å². The van der Waals surface area contributed by atoms with Gasteiger partial charge in [0.25, 0.3) is 11.8 Å². The fourth-order valence-corrected chi connectivity index (χ4v) is 9.63. The molecule has 59 heavy (non-hydrogen) atoms. The molecular formula is C41H55F2N5O10S. The summed E-state index contributed by atoms with van der Waals surface area (Å²) in [6.45, 7) is 7.55. The van der Waals surface area contributed by atoms with E-state index in [0.717, 1.165) is 18.7 Å². The van der Waals surface area contributed by atoms with E-state index in [1.165, 1.54) is 21.1 Å². The second-order valence-electron chi connectivity index (χ2n) is 17.6. The van der Waals surface area contributed by atoms with Crippen molar-refractivity contribution in [1.82, 2.24) is 24.8 Å². The van der Waals surface area contributed by atoms with E-state index in [9.17, 15) is 27.9 Å². The van der Waals surface area contributed by atoms with Gasteiger partial charge in [0, 0.05) is 36.8 Å². The van der Waals surface area contributed by atoms with Crippen LogP contribution in [0.1, 0.15) is 86.5 Å². The quantitative estimate of drug-likeness (QED) is 0.264. The number of rotatable bonds is 10. The van der Waals surface area contributed by atoms with Crippen LogP contribution in [0.25, 0.3) is 10.9 Å². The molecule has 2 aromatic rings. The Hall–Kier alpha value is -4.74. The fraction of sp³-hybridized carbons (Fsp3) is 0.634. The van der Waals surface area contributed by atoms with Crippen LogP contribution in [-0.4, -0.2) is 113 Å². The van der Waals surface area contributed by atoms with Crippen molar-refractivity contribution in [3.63, 3.8) is 0 Å². The van der Waals surface area contributed by atoms with Crippen molar-refractivity contribution >= 4 is 44.7 Å². The normalized spacial score (nSPS) is 28.6. The van der Waals surface area contributed by atoms with Gasteiger partial charge >= 0.3 is 6.09 Å². The van der Waals surface area contributed by atoms with Crippen LogP contribution in [0.5, 0.6) is 17.4 Å². The van der Waals surface area contributed by atoms with Gasteiger partial charge in [-0.05, 0) is 83.3 Å². The Labute approximate surface area is 343 Å². The number of amides is 4. The zero-order valence-corrected chi connectivity index (χ0v) is 35.5. The molecule has 324 valence electrons. The average Bonchev–Trinajstić information content (AvgIpc) is 4.03. The number of pyridine rings is 1. The van der Waals surface area contributed by atoms with E-state index in [4.69, 9.17) is 14.2 Å². The standard InChI is InChI=1S/C41H55F2N5O10S/c1-23-11-9-10-12-25-21-41(25,36(51)46-59(54,55)39(5)15-16-39)45-34(49)30-19-27(58-31-20-32(57-8)44-29-18-26(56-7)13-14-28(29)31)22-47(30)35(50)33(24(2)17-23)48(37(52)53)38(3,4)40(6,42)43/h10,12-14,18,20,23-25,27,30,33H,9,11,15-17,19,21-22H2,1-8H3,(H,45,49)(H,46,51)(H,52,53)/t23-,24-,25-,27-,30+,33+,41-/m1/s1. The molecule has 2 saturated carbocycles. The number of carbonyl (C=O) groups excluding carboxylic acids is 3. The first-order valence-electron chi connectivity index (χ1n) is 19.9. The summed E-state index contributed by atoms with van der Waals surface area (Å²) in [7, 11) is -1.17. The van der Waals surface area contributed by atoms with Crippen molar-refractivity contribution in [2.45, 2.75) is 126 Å². The van der Waals surface area contributed by atoms with Gasteiger partial charge in [-0.1, -0.05) is 26.0 Å².